The number of ether oxygens (including phenoxy) is 1. The third-order valence-corrected chi connectivity index (χ3v) is 6.35. The van der Waals surface area contributed by atoms with Gasteiger partial charge in [-0.1, -0.05) is 23.2 Å². The molecule has 31 heavy (non-hydrogen) atoms. The molecular formula is C18H17Cl2N3O7S. The zero-order chi connectivity index (χ0) is 23.3. The van der Waals surface area contributed by atoms with E-state index in [1.807, 2.05) is 0 Å². The predicted molar refractivity (Wildman–Crippen MR) is 114 cm³/mol. The summed E-state index contributed by atoms with van der Waals surface area (Å²) in [7, 11) is -2.78. The zero-order valence-corrected chi connectivity index (χ0v) is 18.6. The lowest BCUT2D eigenvalue weighted by Crippen LogP contribution is -2.37. The summed E-state index contributed by atoms with van der Waals surface area (Å²) in [6, 6.07) is 8.83. The van der Waals surface area contributed by atoms with E-state index < -0.39 is 39.5 Å². The number of nitro groups is 1. The number of carbonyl (C=O) groups is 2. The van der Waals surface area contributed by atoms with E-state index in [1.165, 1.54) is 44.3 Å². The van der Waals surface area contributed by atoms with Crippen LogP contribution in [0.1, 0.15) is 6.92 Å². The highest BCUT2D eigenvalue weighted by Gasteiger charge is 2.26. The van der Waals surface area contributed by atoms with Crippen LogP contribution in [-0.2, 0) is 24.3 Å². The van der Waals surface area contributed by atoms with Crippen molar-refractivity contribution in [3.63, 3.8) is 0 Å². The van der Waals surface area contributed by atoms with Gasteiger partial charge in [0.05, 0.1) is 20.5 Å². The van der Waals surface area contributed by atoms with Gasteiger partial charge in [0.15, 0.2) is 6.10 Å². The van der Waals surface area contributed by atoms with Gasteiger partial charge in [0.25, 0.3) is 11.6 Å². The number of nitrogens with zero attached hydrogens (tertiary/aromatic N) is 2. The summed E-state index contributed by atoms with van der Waals surface area (Å²) >= 11 is 11.6. The number of anilines is 1. The van der Waals surface area contributed by atoms with Crippen molar-refractivity contribution >= 4 is 56.5 Å². The summed E-state index contributed by atoms with van der Waals surface area (Å²) in [5.74, 6) is -1.72. The van der Waals surface area contributed by atoms with Gasteiger partial charge in [-0.25, -0.2) is 8.42 Å². The van der Waals surface area contributed by atoms with Gasteiger partial charge < -0.3 is 10.1 Å². The Labute approximate surface area is 187 Å². The SMILES string of the molecule is CC(OC(=O)CN(C)S(=O)(=O)c1ccc(Cl)cc1)C(=O)Nc1ccc([N+](=O)[O-])cc1Cl. The van der Waals surface area contributed by atoms with Crippen LogP contribution in [0.25, 0.3) is 0 Å². The van der Waals surface area contributed by atoms with Crippen molar-refractivity contribution in [2.75, 3.05) is 18.9 Å². The first-order valence-electron chi connectivity index (χ1n) is 8.58. The molecule has 1 N–H and O–H groups in total. The number of hydrogen-bond acceptors (Lipinski definition) is 7. The Hall–Kier alpha value is -2.73. The van der Waals surface area contributed by atoms with Gasteiger partial charge in [-0.2, -0.15) is 4.31 Å². The molecular weight excluding hydrogens is 473 g/mol. The average molecular weight is 490 g/mol. The van der Waals surface area contributed by atoms with Crippen LogP contribution in [0, 0.1) is 10.1 Å². The maximum atomic E-state index is 12.5. The standard InChI is InChI=1S/C18H17Cl2N3O7S/c1-11(18(25)21-16-8-5-13(23(26)27)9-15(16)20)30-17(24)10-22(2)31(28,29)14-6-3-12(19)4-7-14/h3-9,11H,10H2,1-2H3,(H,21,25). The van der Waals surface area contributed by atoms with Crippen LogP contribution in [0.15, 0.2) is 47.4 Å². The van der Waals surface area contributed by atoms with E-state index >= 15 is 0 Å². The number of non-ortho nitro benzene ring substituents is 1. The van der Waals surface area contributed by atoms with Crippen LogP contribution in [-0.4, -0.2) is 49.2 Å². The number of rotatable bonds is 8. The molecule has 0 spiro atoms. The van der Waals surface area contributed by atoms with Gasteiger partial charge in [-0.15, -0.1) is 0 Å². The molecule has 2 aromatic rings. The number of likely N-dealkylation sites (N-methyl/N-ethyl adjacent to an activating group) is 1. The molecule has 0 aromatic heterocycles. The minimum Gasteiger partial charge on any atom is -0.452 e. The van der Waals surface area contributed by atoms with Crippen molar-refractivity contribution in [2.45, 2.75) is 17.9 Å². The number of esters is 1. The lowest BCUT2D eigenvalue weighted by Gasteiger charge is -2.18. The van der Waals surface area contributed by atoms with Gasteiger partial charge in [-0.3, -0.25) is 19.7 Å². The maximum absolute atomic E-state index is 12.5. The Balaban J connectivity index is 1.97. The fraction of sp³-hybridized carbons (Fsp3) is 0.222. The summed E-state index contributed by atoms with van der Waals surface area (Å²) in [6.07, 6.45) is -1.29. The second-order valence-electron chi connectivity index (χ2n) is 6.26. The number of halogens is 2. The van der Waals surface area contributed by atoms with E-state index in [0.717, 1.165) is 16.4 Å². The van der Waals surface area contributed by atoms with Gasteiger partial charge in [0.2, 0.25) is 10.0 Å². The van der Waals surface area contributed by atoms with Crippen LogP contribution in [0.3, 0.4) is 0 Å². The van der Waals surface area contributed by atoms with Crippen LogP contribution < -0.4 is 5.32 Å². The molecule has 1 amide bonds. The van der Waals surface area contributed by atoms with Crippen molar-refractivity contribution in [1.29, 1.82) is 0 Å². The number of carbonyl (C=O) groups excluding carboxylic acids is 2. The molecule has 0 saturated heterocycles. The number of sulfonamides is 1. The van der Waals surface area contributed by atoms with Gasteiger partial charge in [0, 0.05) is 24.2 Å². The lowest BCUT2D eigenvalue weighted by atomic mass is 10.2. The number of amides is 1. The van der Waals surface area contributed by atoms with Crippen LogP contribution in [0.5, 0.6) is 0 Å². The minimum absolute atomic E-state index is 0.0641. The molecule has 0 heterocycles. The van der Waals surface area contributed by atoms with Crippen molar-refractivity contribution < 1.29 is 27.7 Å². The van der Waals surface area contributed by atoms with Crippen molar-refractivity contribution in [1.82, 2.24) is 4.31 Å². The summed E-state index contributed by atoms with van der Waals surface area (Å²) in [5, 5.41) is 13.4. The largest absolute Gasteiger partial charge is 0.452 e. The fourth-order valence-electron chi connectivity index (χ4n) is 2.29. The summed E-state index contributed by atoms with van der Waals surface area (Å²) in [4.78, 5) is 34.4. The molecule has 2 aromatic carbocycles. The molecule has 13 heteroatoms. The molecule has 0 aliphatic carbocycles. The Morgan fingerprint density at radius 1 is 1.19 bits per heavy atom. The Kier molecular flexibility index (Phi) is 7.96. The van der Waals surface area contributed by atoms with E-state index in [-0.39, 0.29) is 21.3 Å². The smallest absolute Gasteiger partial charge is 0.322 e. The lowest BCUT2D eigenvalue weighted by molar-refractivity contribution is -0.384. The van der Waals surface area contributed by atoms with E-state index in [9.17, 15) is 28.1 Å². The fourth-order valence-corrected chi connectivity index (χ4v) is 3.76. The van der Waals surface area contributed by atoms with E-state index in [1.54, 1.807) is 0 Å². The summed E-state index contributed by atoms with van der Waals surface area (Å²) < 4.78 is 30.7. The normalized spacial score (nSPS) is 12.3. The summed E-state index contributed by atoms with van der Waals surface area (Å²) in [6.45, 7) is 0.640. The molecule has 1 atom stereocenters. The van der Waals surface area contributed by atoms with Gasteiger partial charge in [-0.05, 0) is 37.3 Å². The Bertz CT molecular complexity index is 1110. The molecule has 0 aliphatic rings. The monoisotopic (exact) mass is 489 g/mol. The first-order chi connectivity index (χ1) is 14.4. The molecule has 0 radical (unpaired) electrons. The summed E-state index contributed by atoms with van der Waals surface area (Å²) in [5.41, 5.74) is -0.171. The maximum Gasteiger partial charge on any atom is 0.322 e. The molecule has 0 saturated carbocycles. The molecule has 2 rings (SSSR count). The Morgan fingerprint density at radius 2 is 1.81 bits per heavy atom. The first-order valence-corrected chi connectivity index (χ1v) is 10.8. The highest BCUT2D eigenvalue weighted by atomic mass is 35.5. The highest BCUT2D eigenvalue weighted by molar-refractivity contribution is 7.89. The number of hydrogen-bond donors (Lipinski definition) is 1. The van der Waals surface area contributed by atoms with Crippen molar-refractivity contribution in [3.8, 4) is 0 Å². The van der Waals surface area contributed by atoms with Crippen LogP contribution >= 0.6 is 23.2 Å². The average Bonchev–Trinajstić information content (AvgIpc) is 2.69. The van der Waals surface area contributed by atoms with E-state index in [4.69, 9.17) is 27.9 Å². The molecule has 0 aliphatic heterocycles. The quantitative estimate of drug-likeness (QED) is 0.341. The second-order valence-corrected chi connectivity index (χ2v) is 9.15. The van der Waals surface area contributed by atoms with Crippen molar-refractivity contribution in [2.24, 2.45) is 0 Å². The Morgan fingerprint density at radius 3 is 2.35 bits per heavy atom. The predicted octanol–water partition coefficient (Wildman–Crippen LogP) is 3.09. The number of nitro benzene ring substituents is 1. The van der Waals surface area contributed by atoms with Gasteiger partial charge in [0.1, 0.15) is 6.54 Å². The van der Waals surface area contributed by atoms with E-state index in [0.29, 0.717) is 5.02 Å². The topological polar surface area (TPSA) is 136 Å². The van der Waals surface area contributed by atoms with Crippen LogP contribution in [0.2, 0.25) is 10.0 Å². The number of nitrogens with one attached hydrogen (secondary N) is 1. The molecule has 166 valence electrons. The number of benzene rings is 2. The second kappa shape index (κ2) is 10.1. The molecule has 1 unspecified atom stereocenters. The third-order valence-electron chi connectivity index (χ3n) is 3.97. The molecule has 0 bridgehead atoms. The van der Waals surface area contributed by atoms with Crippen molar-refractivity contribution in [3.05, 3.63) is 62.6 Å². The molecule has 10 nitrogen and oxygen atoms in total. The zero-order valence-electron chi connectivity index (χ0n) is 16.2. The highest BCUT2D eigenvalue weighted by Crippen LogP contribution is 2.26. The first kappa shape index (κ1) is 24.5. The van der Waals surface area contributed by atoms with Crippen LogP contribution in [0.4, 0.5) is 11.4 Å². The molecule has 0 fully saturated rings. The van der Waals surface area contributed by atoms with E-state index in [2.05, 4.69) is 5.32 Å². The minimum atomic E-state index is -3.97. The third kappa shape index (κ3) is 6.37. The van der Waals surface area contributed by atoms with Gasteiger partial charge >= 0.3 is 5.97 Å².